The zero-order chi connectivity index (χ0) is 16.2. The van der Waals surface area contributed by atoms with E-state index in [4.69, 9.17) is 0 Å². The Morgan fingerprint density at radius 3 is 2.52 bits per heavy atom. The van der Waals surface area contributed by atoms with Crippen molar-refractivity contribution in [2.45, 2.75) is 85.0 Å². The normalized spacial score (nSPS) is 52.4. The second-order valence-electron chi connectivity index (χ2n) is 10.1. The molecule has 0 aromatic rings. The highest BCUT2D eigenvalue weighted by Gasteiger charge is 2.56. The predicted octanol–water partition coefficient (Wildman–Crippen LogP) is 5.87. The Hall–Kier alpha value is -0.330. The van der Waals surface area contributed by atoms with Crippen molar-refractivity contribution in [2.75, 3.05) is 0 Å². The fourth-order valence-electron chi connectivity index (χ4n) is 7.88. The summed E-state index contributed by atoms with van der Waals surface area (Å²) in [5.41, 5.74) is 0.488. The Morgan fingerprint density at radius 2 is 1.74 bits per heavy atom. The number of hydrogen-bond donors (Lipinski definition) is 0. The average molecular weight is 317 g/mol. The largest absolute Gasteiger partial charge is 0.300 e. The lowest BCUT2D eigenvalue weighted by Crippen LogP contribution is -2.48. The van der Waals surface area contributed by atoms with Crippen LogP contribution < -0.4 is 0 Å². The van der Waals surface area contributed by atoms with Crippen LogP contribution in [0.15, 0.2) is 0 Å². The molecule has 1 nitrogen and oxygen atoms in total. The molecule has 0 aliphatic heterocycles. The van der Waals surface area contributed by atoms with Crippen molar-refractivity contribution in [3.8, 4) is 0 Å². The summed E-state index contributed by atoms with van der Waals surface area (Å²) in [4.78, 5) is 11.7. The molecule has 4 saturated carbocycles. The van der Waals surface area contributed by atoms with Crippen molar-refractivity contribution in [1.29, 1.82) is 0 Å². The molecule has 130 valence electrons. The van der Waals surface area contributed by atoms with Gasteiger partial charge < -0.3 is 4.79 Å². The molecule has 0 saturated heterocycles. The summed E-state index contributed by atoms with van der Waals surface area (Å²) in [6.45, 7) is 6.84. The van der Waals surface area contributed by atoms with Gasteiger partial charge in [0.1, 0.15) is 5.78 Å². The van der Waals surface area contributed by atoms with Crippen LogP contribution in [0.5, 0.6) is 0 Å². The van der Waals surface area contributed by atoms with Crippen LogP contribution in [0.25, 0.3) is 0 Å². The summed E-state index contributed by atoms with van der Waals surface area (Å²) in [7, 11) is 0. The number of carbonyl (C=O) groups excluding carboxylic acids is 1. The zero-order valence-corrected chi connectivity index (χ0v) is 15.5. The SMILES string of the molecule is CC(=O)C[C@H]1CC[C@H]2[C@@H]3CC[C@@H]4C[C@@H](C)CC[C@@H]4[C@H]3CC[C@]12C. The maximum absolute atomic E-state index is 11.7. The molecule has 0 heterocycles. The van der Waals surface area contributed by atoms with E-state index < -0.39 is 0 Å². The summed E-state index contributed by atoms with van der Waals surface area (Å²) < 4.78 is 0. The van der Waals surface area contributed by atoms with Gasteiger partial charge in [-0.05, 0) is 105 Å². The molecule has 4 aliphatic carbocycles. The number of carbonyl (C=O) groups is 1. The molecule has 0 aromatic carbocycles. The molecule has 1 heteroatoms. The first-order valence-corrected chi connectivity index (χ1v) is 10.5. The number of rotatable bonds is 2. The van der Waals surface area contributed by atoms with Gasteiger partial charge in [-0.1, -0.05) is 20.3 Å². The van der Waals surface area contributed by atoms with E-state index >= 15 is 0 Å². The smallest absolute Gasteiger partial charge is 0.130 e. The van der Waals surface area contributed by atoms with Gasteiger partial charge in [-0.3, -0.25) is 0 Å². The Kier molecular flexibility index (Phi) is 4.13. The molecule has 0 aromatic heterocycles. The quantitative estimate of drug-likeness (QED) is 0.622. The molecule has 0 amide bonds. The van der Waals surface area contributed by atoms with Crippen molar-refractivity contribution in [3.05, 3.63) is 0 Å². The van der Waals surface area contributed by atoms with Gasteiger partial charge in [0.05, 0.1) is 0 Å². The van der Waals surface area contributed by atoms with Gasteiger partial charge in [-0.25, -0.2) is 0 Å². The van der Waals surface area contributed by atoms with Crippen LogP contribution >= 0.6 is 0 Å². The van der Waals surface area contributed by atoms with E-state index in [1.165, 1.54) is 57.8 Å². The van der Waals surface area contributed by atoms with Gasteiger partial charge in [0, 0.05) is 6.42 Å². The average Bonchev–Trinajstić information content (AvgIpc) is 2.83. The molecule has 0 radical (unpaired) electrons. The van der Waals surface area contributed by atoms with E-state index in [9.17, 15) is 4.79 Å². The van der Waals surface area contributed by atoms with Crippen molar-refractivity contribution in [1.82, 2.24) is 0 Å². The summed E-state index contributed by atoms with van der Waals surface area (Å²) in [6, 6.07) is 0. The van der Waals surface area contributed by atoms with Gasteiger partial charge in [0.25, 0.3) is 0 Å². The standard InChI is InChI=1S/C22H36O/c1-14-4-7-18-16(12-14)5-8-20-19(18)10-11-22(3)17(13-15(2)23)6-9-21(20)22/h14,16-21H,4-13H2,1-3H3/t14-,16+,17+,18-,19+,20+,21-,22+/m0/s1. The summed E-state index contributed by atoms with van der Waals surface area (Å²) >= 11 is 0. The molecule has 4 aliphatic rings. The number of Topliss-reactive ketones (excluding diaryl/α,β-unsaturated/α-hetero) is 1. The number of ketones is 1. The van der Waals surface area contributed by atoms with Crippen molar-refractivity contribution < 1.29 is 4.79 Å². The molecule has 4 rings (SSSR count). The van der Waals surface area contributed by atoms with Crippen LogP contribution in [0, 0.1) is 46.8 Å². The topological polar surface area (TPSA) is 17.1 Å². The van der Waals surface area contributed by atoms with E-state index in [0.717, 1.165) is 41.9 Å². The fraction of sp³-hybridized carbons (Fsp3) is 0.955. The van der Waals surface area contributed by atoms with Crippen LogP contribution in [-0.2, 0) is 4.79 Å². The van der Waals surface area contributed by atoms with Gasteiger partial charge in [0.2, 0.25) is 0 Å². The molecule has 8 atom stereocenters. The maximum atomic E-state index is 11.7. The van der Waals surface area contributed by atoms with Crippen LogP contribution in [0.4, 0.5) is 0 Å². The lowest BCUT2D eigenvalue weighted by molar-refractivity contribution is -0.120. The van der Waals surface area contributed by atoms with Crippen LogP contribution in [0.1, 0.15) is 85.0 Å². The summed E-state index contributed by atoms with van der Waals surface area (Å²) in [5.74, 6) is 7.17. The molecule has 0 spiro atoms. The predicted molar refractivity (Wildman–Crippen MR) is 95.1 cm³/mol. The Balaban J connectivity index is 1.52. The highest BCUT2D eigenvalue weighted by Crippen LogP contribution is 2.64. The van der Waals surface area contributed by atoms with Gasteiger partial charge in [-0.15, -0.1) is 0 Å². The fourth-order valence-corrected chi connectivity index (χ4v) is 7.88. The third-order valence-corrected chi connectivity index (χ3v) is 8.95. The molecular weight excluding hydrogens is 280 g/mol. The van der Waals surface area contributed by atoms with Gasteiger partial charge in [0.15, 0.2) is 0 Å². The lowest BCUT2D eigenvalue weighted by Gasteiger charge is -2.56. The maximum Gasteiger partial charge on any atom is 0.130 e. The minimum absolute atomic E-state index is 0.420. The second kappa shape index (κ2) is 5.88. The van der Waals surface area contributed by atoms with Crippen molar-refractivity contribution in [3.63, 3.8) is 0 Å². The third kappa shape index (κ3) is 2.61. The Labute approximate surface area is 143 Å². The van der Waals surface area contributed by atoms with Crippen LogP contribution in [0.2, 0.25) is 0 Å². The highest BCUT2D eigenvalue weighted by molar-refractivity contribution is 5.75. The third-order valence-electron chi connectivity index (χ3n) is 8.95. The van der Waals surface area contributed by atoms with Gasteiger partial charge in [-0.2, -0.15) is 0 Å². The molecule has 4 fully saturated rings. The molecular formula is C22H36O. The lowest BCUT2D eigenvalue weighted by atomic mass is 9.49. The van der Waals surface area contributed by atoms with Crippen molar-refractivity contribution >= 4 is 5.78 Å². The Morgan fingerprint density at radius 1 is 0.957 bits per heavy atom. The molecule has 0 unspecified atom stereocenters. The summed E-state index contributed by atoms with van der Waals surface area (Å²) in [6.07, 6.45) is 14.0. The monoisotopic (exact) mass is 316 g/mol. The molecule has 0 bridgehead atoms. The highest BCUT2D eigenvalue weighted by atomic mass is 16.1. The minimum atomic E-state index is 0.420. The first kappa shape index (κ1) is 16.2. The number of hydrogen-bond acceptors (Lipinski definition) is 1. The van der Waals surface area contributed by atoms with Crippen molar-refractivity contribution in [2.24, 2.45) is 46.8 Å². The second-order valence-corrected chi connectivity index (χ2v) is 10.1. The Bertz CT molecular complexity index is 469. The van der Waals surface area contributed by atoms with E-state index in [2.05, 4.69) is 13.8 Å². The summed E-state index contributed by atoms with van der Waals surface area (Å²) in [5, 5.41) is 0. The first-order valence-electron chi connectivity index (χ1n) is 10.5. The van der Waals surface area contributed by atoms with Crippen LogP contribution in [0.3, 0.4) is 0 Å². The number of fused-ring (bicyclic) bond motifs is 5. The minimum Gasteiger partial charge on any atom is -0.300 e. The zero-order valence-electron chi connectivity index (χ0n) is 15.5. The van der Waals surface area contributed by atoms with Gasteiger partial charge >= 0.3 is 0 Å². The molecule has 0 N–H and O–H groups in total. The van der Waals surface area contributed by atoms with Crippen LogP contribution in [-0.4, -0.2) is 5.78 Å². The first-order chi connectivity index (χ1) is 11.0. The van der Waals surface area contributed by atoms with E-state index in [1.807, 2.05) is 0 Å². The van der Waals surface area contributed by atoms with E-state index in [0.29, 0.717) is 17.1 Å². The molecule has 23 heavy (non-hydrogen) atoms. The van der Waals surface area contributed by atoms with E-state index in [1.54, 1.807) is 6.92 Å². The van der Waals surface area contributed by atoms with E-state index in [-0.39, 0.29) is 0 Å².